The fourth-order valence-corrected chi connectivity index (χ4v) is 4.07. The number of rotatable bonds is 6. The van der Waals surface area contributed by atoms with Crippen LogP contribution in [-0.2, 0) is 11.2 Å². The van der Waals surface area contributed by atoms with E-state index in [1.54, 1.807) is 0 Å². The Kier molecular flexibility index (Phi) is 3.80. The van der Waals surface area contributed by atoms with E-state index in [4.69, 9.17) is 5.11 Å². The first kappa shape index (κ1) is 13.0. The summed E-state index contributed by atoms with van der Waals surface area (Å²) in [5.41, 5.74) is 1.42. The normalized spacial score (nSPS) is 21.6. The van der Waals surface area contributed by atoms with Crippen molar-refractivity contribution in [2.75, 3.05) is 19.6 Å². The van der Waals surface area contributed by atoms with Crippen LogP contribution in [0, 0.1) is 5.92 Å². The second kappa shape index (κ2) is 5.55. The minimum atomic E-state index is -0.707. The second-order valence-corrected chi connectivity index (χ2v) is 6.93. The maximum Gasteiger partial charge on any atom is 0.317 e. The van der Waals surface area contributed by atoms with Crippen LogP contribution in [0.2, 0.25) is 0 Å². The van der Waals surface area contributed by atoms with Crippen molar-refractivity contribution in [3.8, 4) is 0 Å². The molecule has 0 radical (unpaired) electrons. The highest BCUT2D eigenvalue weighted by atomic mass is 32.2. The lowest BCUT2D eigenvalue weighted by Crippen LogP contribution is -2.36. The summed E-state index contributed by atoms with van der Waals surface area (Å²) in [6.45, 7) is 2.03. The number of benzene rings is 1. The van der Waals surface area contributed by atoms with Gasteiger partial charge in [-0.25, -0.2) is 0 Å². The third-order valence-electron chi connectivity index (χ3n) is 3.75. The molecule has 2 aliphatic rings. The Morgan fingerprint density at radius 3 is 2.79 bits per heavy atom. The summed E-state index contributed by atoms with van der Waals surface area (Å²) in [5.74, 6) is 0.0364. The molecule has 1 saturated carbocycles. The maximum atomic E-state index is 11.0. The highest BCUT2D eigenvalue weighted by Gasteiger charge is 2.29. The first-order valence-corrected chi connectivity index (χ1v) is 7.77. The molecule has 1 atom stereocenters. The Balaban J connectivity index is 1.58. The van der Waals surface area contributed by atoms with E-state index in [-0.39, 0.29) is 6.54 Å². The van der Waals surface area contributed by atoms with Crippen molar-refractivity contribution in [2.24, 2.45) is 5.92 Å². The van der Waals surface area contributed by atoms with E-state index in [2.05, 4.69) is 29.2 Å². The summed E-state index contributed by atoms with van der Waals surface area (Å²) < 4.78 is 0. The zero-order valence-corrected chi connectivity index (χ0v) is 11.7. The van der Waals surface area contributed by atoms with Crippen LogP contribution in [0.3, 0.4) is 0 Å². The lowest BCUT2D eigenvalue weighted by molar-refractivity contribution is -0.138. The molecular weight excluding hydrogens is 258 g/mol. The molecule has 0 spiro atoms. The van der Waals surface area contributed by atoms with Gasteiger partial charge in [-0.3, -0.25) is 9.69 Å². The van der Waals surface area contributed by atoms with E-state index in [9.17, 15) is 4.79 Å². The molecule has 0 amide bonds. The standard InChI is InChI=1S/C15H19NO2S/c17-15(18)10-16(8-11-5-6-11)9-13-7-12-3-1-2-4-14(12)19-13/h1-4,11,13H,5-10H2,(H,17,18). The molecule has 0 aromatic heterocycles. The van der Waals surface area contributed by atoms with Gasteiger partial charge in [0, 0.05) is 23.2 Å². The maximum absolute atomic E-state index is 11.0. The van der Waals surface area contributed by atoms with Gasteiger partial charge in [-0.05, 0) is 36.8 Å². The Morgan fingerprint density at radius 1 is 1.32 bits per heavy atom. The Bertz CT molecular complexity index is 448. The second-order valence-electron chi connectivity index (χ2n) is 5.58. The Labute approximate surface area is 118 Å². The molecule has 102 valence electrons. The molecule has 3 nitrogen and oxygen atoms in total. The van der Waals surface area contributed by atoms with Gasteiger partial charge >= 0.3 is 5.97 Å². The number of nitrogens with zero attached hydrogens (tertiary/aromatic N) is 1. The van der Waals surface area contributed by atoms with E-state index in [0.717, 1.165) is 25.4 Å². The van der Waals surface area contributed by atoms with Crippen LogP contribution in [0.25, 0.3) is 0 Å². The number of carboxylic acid groups (broad SMARTS) is 1. The lowest BCUT2D eigenvalue weighted by Gasteiger charge is -2.23. The molecule has 1 aliphatic carbocycles. The minimum Gasteiger partial charge on any atom is -0.480 e. The van der Waals surface area contributed by atoms with Crippen LogP contribution in [0.15, 0.2) is 29.2 Å². The van der Waals surface area contributed by atoms with Gasteiger partial charge in [0.1, 0.15) is 0 Å². The van der Waals surface area contributed by atoms with E-state index in [0.29, 0.717) is 5.25 Å². The average molecular weight is 277 g/mol. The molecule has 19 heavy (non-hydrogen) atoms. The highest BCUT2D eigenvalue weighted by Crippen LogP contribution is 2.37. The van der Waals surface area contributed by atoms with Crippen molar-refractivity contribution >= 4 is 17.7 Å². The summed E-state index contributed by atoms with van der Waals surface area (Å²) in [4.78, 5) is 14.5. The molecule has 1 N–H and O–H groups in total. The first-order valence-electron chi connectivity index (χ1n) is 6.89. The molecule has 1 aliphatic heterocycles. The fourth-order valence-electron chi connectivity index (χ4n) is 2.70. The van der Waals surface area contributed by atoms with Crippen molar-refractivity contribution in [3.05, 3.63) is 29.8 Å². The van der Waals surface area contributed by atoms with Crippen LogP contribution >= 0.6 is 11.8 Å². The van der Waals surface area contributed by atoms with E-state index in [1.807, 2.05) is 11.8 Å². The van der Waals surface area contributed by atoms with Gasteiger partial charge in [0.25, 0.3) is 0 Å². The zero-order valence-electron chi connectivity index (χ0n) is 10.9. The highest BCUT2D eigenvalue weighted by molar-refractivity contribution is 8.00. The molecule has 3 rings (SSSR count). The Morgan fingerprint density at radius 2 is 2.11 bits per heavy atom. The van der Waals surface area contributed by atoms with Gasteiger partial charge in [-0.1, -0.05) is 18.2 Å². The van der Waals surface area contributed by atoms with Crippen molar-refractivity contribution in [3.63, 3.8) is 0 Å². The fraction of sp³-hybridized carbons (Fsp3) is 0.533. The molecule has 1 unspecified atom stereocenters. The number of aliphatic carboxylic acids is 1. The van der Waals surface area contributed by atoms with Crippen LogP contribution in [0.4, 0.5) is 0 Å². The van der Waals surface area contributed by atoms with E-state index in [1.165, 1.54) is 23.3 Å². The topological polar surface area (TPSA) is 40.5 Å². The smallest absolute Gasteiger partial charge is 0.317 e. The van der Waals surface area contributed by atoms with Crippen molar-refractivity contribution in [1.82, 2.24) is 4.90 Å². The lowest BCUT2D eigenvalue weighted by atomic mass is 10.1. The van der Waals surface area contributed by atoms with Gasteiger partial charge in [-0.15, -0.1) is 11.8 Å². The summed E-state index contributed by atoms with van der Waals surface area (Å²) in [7, 11) is 0. The molecule has 1 aromatic carbocycles. The number of hydrogen-bond donors (Lipinski definition) is 1. The number of fused-ring (bicyclic) bond motifs is 1. The molecule has 1 aromatic rings. The van der Waals surface area contributed by atoms with Crippen LogP contribution in [-0.4, -0.2) is 40.9 Å². The molecule has 1 heterocycles. The monoisotopic (exact) mass is 277 g/mol. The van der Waals surface area contributed by atoms with Crippen LogP contribution < -0.4 is 0 Å². The molecular formula is C15H19NO2S. The quantitative estimate of drug-likeness (QED) is 0.867. The first-order chi connectivity index (χ1) is 9.20. The third-order valence-corrected chi connectivity index (χ3v) is 5.05. The van der Waals surface area contributed by atoms with Crippen LogP contribution in [0.1, 0.15) is 18.4 Å². The van der Waals surface area contributed by atoms with Crippen molar-refractivity contribution in [1.29, 1.82) is 0 Å². The SMILES string of the molecule is O=C(O)CN(CC1CC1)CC1Cc2ccccc2S1. The van der Waals surface area contributed by atoms with Gasteiger partial charge in [0.15, 0.2) is 0 Å². The van der Waals surface area contributed by atoms with Crippen molar-refractivity contribution in [2.45, 2.75) is 29.4 Å². The predicted molar refractivity (Wildman–Crippen MR) is 76.6 cm³/mol. The number of thioether (sulfide) groups is 1. The van der Waals surface area contributed by atoms with Gasteiger partial charge < -0.3 is 5.11 Å². The van der Waals surface area contributed by atoms with Crippen molar-refractivity contribution < 1.29 is 9.90 Å². The van der Waals surface area contributed by atoms with Crippen LogP contribution in [0.5, 0.6) is 0 Å². The minimum absolute atomic E-state index is 0.184. The largest absolute Gasteiger partial charge is 0.480 e. The molecule has 0 bridgehead atoms. The molecule has 4 heteroatoms. The number of hydrogen-bond acceptors (Lipinski definition) is 3. The summed E-state index contributed by atoms with van der Waals surface area (Å²) in [5, 5.41) is 9.53. The predicted octanol–water partition coefficient (Wildman–Crippen LogP) is 2.50. The summed E-state index contributed by atoms with van der Waals surface area (Å²) in [6, 6.07) is 8.52. The third kappa shape index (κ3) is 3.51. The number of carbonyl (C=O) groups is 1. The van der Waals surface area contributed by atoms with Gasteiger partial charge in [0.2, 0.25) is 0 Å². The average Bonchev–Trinajstić information content (AvgIpc) is 3.06. The van der Waals surface area contributed by atoms with Gasteiger partial charge in [-0.2, -0.15) is 0 Å². The molecule has 1 fully saturated rings. The van der Waals surface area contributed by atoms with E-state index >= 15 is 0 Å². The summed E-state index contributed by atoms with van der Waals surface area (Å²) >= 11 is 1.90. The molecule has 0 saturated heterocycles. The van der Waals surface area contributed by atoms with E-state index < -0.39 is 5.97 Å². The zero-order chi connectivity index (χ0) is 13.2. The van der Waals surface area contributed by atoms with Gasteiger partial charge in [0.05, 0.1) is 6.54 Å². The number of carboxylic acids is 1. The Hall–Kier alpha value is -1.00. The summed E-state index contributed by atoms with van der Waals surface area (Å²) in [6.07, 6.45) is 3.62.